The standard InChI is InChI=1S/C18H17Br2NO3/c1-2-23-16-10-13(5-8-17(21)22)9-15(20)18(16)24-11-12-3-6-14(19)7-4-12/h3-10H,2,11H2,1H3,(H2,21,22)/b8-5+. The molecule has 2 rings (SSSR count). The Bertz CT molecular complexity index is 743. The number of halogens is 2. The number of amides is 1. The average Bonchev–Trinajstić information content (AvgIpc) is 2.54. The summed E-state index contributed by atoms with van der Waals surface area (Å²) in [5.74, 6) is 0.726. The number of primary amides is 1. The van der Waals surface area contributed by atoms with E-state index in [0.29, 0.717) is 24.7 Å². The summed E-state index contributed by atoms with van der Waals surface area (Å²) >= 11 is 6.91. The van der Waals surface area contributed by atoms with Gasteiger partial charge < -0.3 is 15.2 Å². The quantitative estimate of drug-likeness (QED) is 0.617. The van der Waals surface area contributed by atoms with Crippen LogP contribution in [0.1, 0.15) is 18.1 Å². The van der Waals surface area contributed by atoms with Crippen LogP contribution in [-0.2, 0) is 11.4 Å². The Hall–Kier alpha value is -1.79. The van der Waals surface area contributed by atoms with Gasteiger partial charge in [-0.05, 0) is 64.3 Å². The maximum Gasteiger partial charge on any atom is 0.241 e. The van der Waals surface area contributed by atoms with Crippen molar-refractivity contribution in [2.24, 2.45) is 5.73 Å². The first-order chi connectivity index (χ1) is 11.5. The van der Waals surface area contributed by atoms with Crippen molar-refractivity contribution in [3.05, 3.63) is 62.5 Å². The third-order valence-electron chi connectivity index (χ3n) is 3.07. The molecule has 0 radical (unpaired) electrons. The molecule has 0 saturated heterocycles. The highest BCUT2D eigenvalue weighted by atomic mass is 79.9. The molecule has 2 aromatic carbocycles. The second kappa shape index (κ2) is 8.89. The maximum atomic E-state index is 10.9. The van der Waals surface area contributed by atoms with Gasteiger partial charge in [-0.15, -0.1) is 0 Å². The number of rotatable bonds is 7. The average molecular weight is 455 g/mol. The van der Waals surface area contributed by atoms with Gasteiger partial charge in [0, 0.05) is 10.5 Å². The summed E-state index contributed by atoms with van der Waals surface area (Å²) in [6.07, 6.45) is 2.94. The van der Waals surface area contributed by atoms with Crippen molar-refractivity contribution in [2.75, 3.05) is 6.61 Å². The smallest absolute Gasteiger partial charge is 0.241 e. The van der Waals surface area contributed by atoms with E-state index in [-0.39, 0.29) is 0 Å². The van der Waals surface area contributed by atoms with E-state index in [2.05, 4.69) is 31.9 Å². The van der Waals surface area contributed by atoms with Crippen LogP contribution in [0.2, 0.25) is 0 Å². The summed E-state index contributed by atoms with van der Waals surface area (Å²) in [6.45, 7) is 2.82. The lowest BCUT2D eigenvalue weighted by Crippen LogP contribution is -2.05. The van der Waals surface area contributed by atoms with Crippen molar-refractivity contribution < 1.29 is 14.3 Å². The van der Waals surface area contributed by atoms with Crippen molar-refractivity contribution in [1.29, 1.82) is 0 Å². The first-order valence-corrected chi connectivity index (χ1v) is 8.89. The fraction of sp³-hybridized carbons (Fsp3) is 0.167. The third-order valence-corrected chi connectivity index (χ3v) is 4.19. The number of carbonyl (C=O) groups excluding carboxylic acids is 1. The third kappa shape index (κ3) is 5.39. The Morgan fingerprint density at radius 1 is 1.17 bits per heavy atom. The zero-order valence-corrected chi connectivity index (χ0v) is 16.3. The van der Waals surface area contributed by atoms with E-state index in [0.717, 1.165) is 20.1 Å². The molecule has 2 aromatic rings. The van der Waals surface area contributed by atoms with E-state index < -0.39 is 5.91 Å². The van der Waals surface area contributed by atoms with Gasteiger partial charge in [0.2, 0.25) is 5.91 Å². The van der Waals surface area contributed by atoms with Gasteiger partial charge in [0.05, 0.1) is 11.1 Å². The molecule has 1 amide bonds. The molecule has 0 aliphatic heterocycles. The number of carbonyl (C=O) groups is 1. The molecule has 24 heavy (non-hydrogen) atoms. The fourth-order valence-electron chi connectivity index (χ4n) is 2.00. The van der Waals surface area contributed by atoms with Crippen molar-refractivity contribution in [2.45, 2.75) is 13.5 Å². The molecule has 0 aromatic heterocycles. The minimum absolute atomic E-state index is 0.419. The van der Waals surface area contributed by atoms with Crippen molar-refractivity contribution >= 4 is 43.8 Å². The molecule has 2 N–H and O–H groups in total. The molecule has 0 heterocycles. The molecular weight excluding hydrogens is 438 g/mol. The highest BCUT2D eigenvalue weighted by Gasteiger charge is 2.12. The lowest BCUT2D eigenvalue weighted by atomic mass is 10.2. The highest BCUT2D eigenvalue weighted by Crippen LogP contribution is 2.37. The zero-order chi connectivity index (χ0) is 17.5. The minimum Gasteiger partial charge on any atom is -0.490 e. The molecule has 0 atom stereocenters. The fourth-order valence-corrected chi connectivity index (χ4v) is 2.84. The molecule has 0 aliphatic rings. The van der Waals surface area contributed by atoms with Gasteiger partial charge in [-0.1, -0.05) is 28.1 Å². The van der Waals surface area contributed by atoms with E-state index in [1.807, 2.05) is 43.3 Å². The Labute approximate surface area is 157 Å². The van der Waals surface area contributed by atoms with Gasteiger partial charge in [0.15, 0.2) is 11.5 Å². The number of benzene rings is 2. The summed E-state index contributed by atoms with van der Waals surface area (Å²) in [4.78, 5) is 10.9. The van der Waals surface area contributed by atoms with E-state index in [1.165, 1.54) is 6.08 Å². The Morgan fingerprint density at radius 2 is 1.88 bits per heavy atom. The van der Waals surface area contributed by atoms with Gasteiger partial charge in [-0.2, -0.15) is 0 Å². The van der Waals surface area contributed by atoms with Gasteiger partial charge in [0.25, 0.3) is 0 Å². The second-order valence-corrected chi connectivity index (χ2v) is 6.68. The summed E-state index contributed by atoms with van der Waals surface area (Å²) in [5.41, 5.74) is 6.97. The lowest BCUT2D eigenvalue weighted by molar-refractivity contribution is -0.113. The first kappa shape index (κ1) is 18.5. The zero-order valence-electron chi connectivity index (χ0n) is 13.1. The van der Waals surface area contributed by atoms with Crippen LogP contribution in [0.5, 0.6) is 11.5 Å². The number of hydrogen-bond acceptors (Lipinski definition) is 3. The predicted molar refractivity (Wildman–Crippen MR) is 102 cm³/mol. The Kier molecular flexibility index (Phi) is 6.87. The van der Waals surface area contributed by atoms with Gasteiger partial charge in [0.1, 0.15) is 6.61 Å². The van der Waals surface area contributed by atoms with Gasteiger partial charge >= 0.3 is 0 Å². The number of hydrogen-bond donors (Lipinski definition) is 1. The van der Waals surface area contributed by atoms with E-state index in [4.69, 9.17) is 15.2 Å². The van der Waals surface area contributed by atoms with Crippen LogP contribution in [0, 0.1) is 0 Å². The number of nitrogens with two attached hydrogens (primary N) is 1. The highest BCUT2D eigenvalue weighted by molar-refractivity contribution is 9.10. The van der Waals surface area contributed by atoms with Gasteiger partial charge in [-0.3, -0.25) is 4.79 Å². The van der Waals surface area contributed by atoms with Crippen LogP contribution in [0.4, 0.5) is 0 Å². The normalized spacial score (nSPS) is 10.8. The van der Waals surface area contributed by atoms with Crippen LogP contribution in [0.25, 0.3) is 6.08 Å². The molecule has 4 nitrogen and oxygen atoms in total. The van der Waals surface area contributed by atoms with Crippen LogP contribution in [-0.4, -0.2) is 12.5 Å². The Morgan fingerprint density at radius 3 is 2.50 bits per heavy atom. The monoisotopic (exact) mass is 453 g/mol. The SMILES string of the molecule is CCOc1cc(/C=C/C(N)=O)cc(Br)c1OCc1ccc(Br)cc1. The molecule has 0 saturated carbocycles. The van der Waals surface area contributed by atoms with E-state index >= 15 is 0 Å². The van der Waals surface area contributed by atoms with Crippen LogP contribution in [0.15, 0.2) is 51.4 Å². The molecular formula is C18H17Br2NO3. The summed E-state index contributed by atoms with van der Waals surface area (Å²) in [5, 5.41) is 0. The van der Waals surface area contributed by atoms with E-state index in [1.54, 1.807) is 6.08 Å². The second-order valence-electron chi connectivity index (χ2n) is 4.91. The predicted octanol–water partition coefficient (Wildman–Crippen LogP) is 4.69. The largest absolute Gasteiger partial charge is 0.490 e. The van der Waals surface area contributed by atoms with Crippen LogP contribution >= 0.6 is 31.9 Å². The summed E-state index contributed by atoms with van der Waals surface area (Å²) < 4.78 is 13.4. The molecule has 0 fully saturated rings. The molecule has 6 heteroatoms. The molecule has 0 spiro atoms. The van der Waals surface area contributed by atoms with Crippen LogP contribution in [0.3, 0.4) is 0 Å². The topological polar surface area (TPSA) is 61.5 Å². The number of ether oxygens (including phenoxy) is 2. The van der Waals surface area contributed by atoms with E-state index in [9.17, 15) is 4.79 Å². The summed E-state index contributed by atoms with van der Waals surface area (Å²) in [7, 11) is 0. The molecule has 0 bridgehead atoms. The lowest BCUT2D eigenvalue weighted by Gasteiger charge is -2.15. The van der Waals surface area contributed by atoms with Gasteiger partial charge in [-0.25, -0.2) is 0 Å². The molecule has 126 valence electrons. The first-order valence-electron chi connectivity index (χ1n) is 7.30. The Balaban J connectivity index is 2.23. The van der Waals surface area contributed by atoms with Crippen LogP contribution < -0.4 is 15.2 Å². The maximum absolute atomic E-state index is 10.9. The summed E-state index contributed by atoms with van der Waals surface area (Å²) in [6, 6.07) is 11.6. The minimum atomic E-state index is -0.500. The molecule has 0 aliphatic carbocycles. The van der Waals surface area contributed by atoms with Crippen molar-refractivity contribution in [1.82, 2.24) is 0 Å². The van der Waals surface area contributed by atoms with Crippen molar-refractivity contribution in [3.63, 3.8) is 0 Å². The van der Waals surface area contributed by atoms with Crippen molar-refractivity contribution in [3.8, 4) is 11.5 Å². The molecule has 0 unspecified atom stereocenters.